The van der Waals surface area contributed by atoms with Crippen LogP contribution in [-0.4, -0.2) is 64.9 Å². The fourth-order valence-corrected chi connectivity index (χ4v) is 2.94. The molecule has 0 aliphatic carbocycles. The number of piperazine rings is 1. The molecule has 7 heteroatoms. The Morgan fingerprint density at radius 3 is 2.52 bits per heavy atom. The number of hydrogen-bond donors (Lipinski definition) is 1. The van der Waals surface area contributed by atoms with Crippen LogP contribution in [0.15, 0.2) is 43.0 Å². The van der Waals surface area contributed by atoms with Crippen molar-refractivity contribution in [1.29, 1.82) is 0 Å². The van der Waals surface area contributed by atoms with E-state index in [4.69, 9.17) is 4.74 Å². The van der Waals surface area contributed by atoms with Crippen LogP contribution in [0.3, 0.4) is 0 Å². The summed E-state index contributed by atoms with van der Waals surface area (Å²) in [5.41, 5.74) is 1.13. The van der Waals surface area contributed by atoms with E-state index in [1.165, 1.54) is 0 Å². The molecule has 1 fully saturated rings. The maximum Gasteiger partial charge on any atom is 0.219 e. The molecular formula is C18H24N4O3. The second kappa shape index (κ2) is 8.02. The van der Waals surface area contributed by atoms with E-state index in [0.717, 1.165) is 37.6 Å². The summed E-state index contributed by atoms with van der Waals surface area (Å²) >= 11 is 0. The summed E-state index contributed by atoms with van der Waals surface area (Å²) in [5.74, 6) is 0.907. The lowest BCUT2D eigenvalue weighted by molar-refractivity contribution is -0.129. The minimum atomic E-state index is -0.151. The Labute approximate surface area is 147 Å². The number of ether oxygens (including phenoxy) is 1. The van der Waals surface area contributed by atoms with Gasteiger partial charge in [0.15, 0.2) is 0 Å². The smallest absolute Gasteiger partial charge is 0.219 e. The Kier molecular flexibility index (Phi) is 5.55. The Morgan fingerprint density at radius 1 is 1.24 bits per heavy atom. The lowest BCUT2D eigenvalue weighted by Gasteiger charge is -2.35. The zero-order valence-corrected chi connectivity index (χ0v) is 14.4. The monoisotopic (exact) mass is 344 g/mol. The molecule has 1 aromatic carbocycles. The maximum absolute atomic E-state index is 11.4. The van der Waals surface area contributed by atoms with Crippen molar-refractivity contribution in [3.8, 4) is 5.75 Å². The Morgan fingerprint density at radius 2 is 1.96 bits per heavy atom. The molecule has 0 bridgehead atoms. The zero-order chi connectivity index (χ0) is 17.6. The third-order valence-electron chi connectivity index (χ3n) is 4.53. The first-order chi connectivity index (χ1) is 12.2. The van der Waals surface area contributed by atoms with E-state index in [0.29, 0.717) is 6.61 Å². The highest BCUT2D eigenvalue weighted by Gasteiger charge is 2.18. The highest BCUT2D eigenvalue weighted by atomic mass is 16.5. The average molecular weight is 344 g/mol. The second-order valence-electron chi connectivity index (χ2n) is 6.14. The van der Waals surface area contributed by atoms with Crippen molar-refractivity contribution in [1.82, 2.24) is 14.5 Å². The first kappa shape index (κ1) is 17.3. The molecule has 0 spiro atoms. The number of carbonyl (C=O) groups excluding carboxylic acids is 1. The van der Waals surface area contributed by atoms with Gasteiger partial charge in [-0.05, 0) is 24.3 Å². The summed E-state index contributed by atoms with van der Waals surface area (Å²) in [5, 5.41) is 9.49. The van der Waals surface area contributed by atoms with Gasteiger partial charge in [0.2, 0.25) is 5.91 Å². The molecule has 0 saturated carbocycles. The van der Waals surface area contributed by atoms with E-state index in [9.17, 15) is 9.90 Å². The van der Waals surface area contributed by atoms with E-state index in [1.807, 2.05) is 39.9 Å². The van der Waals surface area contributed by atoms with Crippen LogP contribution in [0.25, 0.3) is 0 Å². The van der Waals surface area contributed by atoms with Crippen LogP contribution in [0, 0.1) is 0 Å². The van der Waals surface area contributed by atoms with Crippen LogP contribution in [0.5, 0.6) is 5.75 Å². The van der Waals surface area contributed by atoms with Crippen LogP contribution in [-0.2, 0) is 4.79 Å². The molecule has 1 amide bonds. The number of anilines is 1. The number of imidazole rings is 1. The van der Waals surface area contributed by atoms with Crippen LogP contribution in [0.4, 0.5) is 5.69 Å². The zero-order valence-electron chi connectivity index (χ0n) is 14.4. The van der Waals surface area contributed by atoms with Crippen molar-refractivity contribution >= 4 is 11.6 Å². The molecule has 25 heavy (non-hydrogen) atoms. The largest absolute Gasteiger partial charge is 0.491 e. The quantitative estimate of drug-likeness (QED) is 0.852. The van der Waals surface area contributed by atoms with Crippen molar-refractivity contribution in [2.45, 2.75) is 13.0 Å². The molecule has 1 unspecified atom stereocenters. The third-order valence-corrected chi connectivity index (χ3v) is 4.53. The molecule has 1 N–H and O–H groups in total. The first-order valence-corrected chi connectivity index (χ1v) is 8.49. The van der Waals surface area contributed by atoms with Crippen LogP contribution in [0.1, 0.15) is 13.0 Å². The number of benzene rings is 1. The number of nitrogens with zero attached hydrogens (tertiary/aromatic N) is 4. The highest BCUT2D eigenvalue weighted by Crippen LogP contribution is 2.21. The van der Waals surface area contributed by atoms with E-state index in [-0.39, 0.29) is 18.6 Å². The van der Waals surface area contributed by atoms with Crippen molar-refractivity contribution in [2.75, 3.05) is 44.3 Å². The number of aliphatic hydroxyl groups excluding tert-OH is 1. The van der Waals surface area contributed by atoms with E-state index < -0.39 is 0 Å². The topological polar surface area (TPSA) is 70.8 Å². The summed E-state index contributed by atoms with van der Waals surface area (Å²) in [6, 6.07) is 7.79. The fourth-order valence-electron chi connectivity index (χ4n) is 2.94. The number of rotatable bonds is 6. The summed E-state index contributed by atoms with van der Waals surface area (Å²) in [6.45, 7) is 5.19. The molecule has 1 saturated heterocycles. The van der Waals surface area contributed by atoms with Crippen LogP contribution < -0.4 is 9.64 Å². The molecule has 2 heterocycles. The summed E-state index contributed by atoms with van der Waals surface area (Å²) in [7, 11) is 0. The summed E-state index contributed by atoms with van der Waals surface area (Å²) < 4.78 is 7.63. The molecule has 1 aromatic heterocycles. The third kappa shape index (κ3) is 4.30. The SMILES string of the molecule is CC(=O)N1CCN(c2ccc(OCC(CO)n3ccnc3)cc2)CC1. The molecule has 3 rings (SSSR count). The van der Waals surface area contributed by atoms with Crippen molar-refractivity contribution < 1.29 is 14.6 Å². The maximum atomic E-state index is 11.4. The van der Waals surface area contributed by atoms with E-state index in [2.05, 4.69) is 9.88 Å². The van der Waals surface area contributed by atoms with Crippen molar-refractivity contribution in [3.63, 3.8) is 0 Å². The predicted molar refractivity (Wildman–Crippen MR) is 94.8 cm³/mol. The van der Waals surface area contributed by atoms with Crippen LogP contribution in [0.2, 0.25) is 0 Å². The van der Waals surface area contributed by atoms with Crippen molar-refractivity contribution in [3.05, 3.63) is 43.0 Å². The minimum Gasteiger partial charge on any atom is -0.491 e. The van der Waals surface area contributed by atoms with Gasteiger partial charge in [-0.15, -0.1) is 0 Å². The van der Waals surface area contributed by atoms with Gasteiger partial charge in [0.1, 0.15) is 12.4 Å². The average Bonchev–Trinajstić information content (AvgIpc) is 3.17. The Bertz CT molecular complexity index is 664. The second-order valence-corrected chi connectivity index (χ2v) is 6.14. The fraction of sp³-hybridized carbons (Fsp3) is 0.444. The molecule has 7 nitrogen and oxygen atoms in total. The molecule has 1 aliphatic heterocycles. The Balaban J connectivity index is 1.53. The number of amides is 1. The lowest BCUT2D eigenvalue weighted by Crippen LogP contribution is -2.48. The number of hydrogen-bond acceptors (Lipinski definition) is 5. The molecule has 134 valence electrons. The molecule has 2 aromatic rings. The van der Waals surface area contributed by atoms with Gasteiger partial charge in [0.25, 0.3) is 0 Å². The summed E-state index contributed by atoms with van der Waals surface area (Å²) in [4.78, 5) is 19.5. The summed E-state index contributed by atoms with van der Waals surface area (Å²) in [6.07, 6.45) is 5.17. The lowest BCUT2D eigenvalue weighted by atomic mass is 10.2. The van der Waals surface area contributed by atoms with Gasteiger partial charge < -0.3 is 24.2 Å². The van der Waals surface area contributed by atoms with Gasteiger partial charge in [-0.3, -0.25) is 4.79 Å². The molecule has 1 atom stereocenters. The van der Waals surface area contributed by atoms with Crippen LogP contribution >= 0.6 is 0 Å². The Hall–Kier alpha value is -2.54. The van der Waals surface area contributed by atoms with Gasteiger partial charge in [0, 0.05) is 51.2 Å². The molecule has 0 radical (unpaired) electrons. The minimum absolute atomic E-state index is 0.00509. The highest BCUT2D eigenvalue weighted by molar-refractivity contribution is 5.73. The van der Waals surface area contributed by atoms with Crippen molar-refractivity contribution in [2.24, 2.45) is 0 Å². The van der Waals surface area contributed by atoms with Gasteiger partial charge >= 0.3 is 0 Å². The number of carbonyl (C=O) groups is 1. The first-order valence-electron chi connectivity index (χ1n) is 8.49. The molecular weight excluding hydrogens is 320 g/mol. The number of aliphatic hydroxyl groups is 1. The normalized spacial score (nSPS) is 15.9. The van der Waals surface area contributed by atoms with E-state index >= 15 is 0 Å². The standard InChI is InChI=1S/C18H24N4O3/c1-15(24)20-8-10-21(11-9-20)16-2-4-18(5-3-16)25-13-17(12-23)22-7-6-19-14-22/h2-7,14,17,23H,8-13H2,1H3. The van der Waals surface area contributed by atoms with Gasteiger partial charge in [0.05, 0.1) is 19.0 Å². The predicted octanol–water partition coefficient (Wildman–Crippen LogP) is 1.16. The van der Waals surface area contributed by atoms with Gasteiger partial charge in [-0.25, -0.2) is 4.98 Å². The molecule has 1 aliphatic rings. The van der Waals surface area contributed by atoms with E-state index in [1.54, 1.807) is 19.4 Å². The van der Waals surface area contributed by atoms with Gasteiger partial charge in [-0.2, -0.15) is 0 Å². The van der Waals surface area contributed by atoms with Gasteiger partial charge in [-0.1, -0.05) is 0 Å². The number of aromatic nitrogens is 2.